The van der Waals surface area contributed by atoms with Crippen molar-refractivity contribution in [1.29, 1.82) is 0 Å². The monoisotopic (exact) mass is 272 g/mol. The highest BCUT2D eigenvalue weighted by molar-refractivity contribution is 5.30. The van der Waals surface area contributed by atoms with Crippen LogP contribution in [0.2, 0.25) is 0 Å². The van der Waals surface area contributed by atoms with Crippen molar-refractivity contribution in [2.45, 2.75) is 76.2 Å². The first-order chi connectivity index (χ1) is 9.69. The van der Waals surface area contributed by atoms with Gasteiger partial charge in [-0.1, -0.05) is 69.7 Å². The molecular weight excluding hydrogens is 244 g/mol. The SMILES string of the molecule is CC1CCCCC1c1ccc(C2(O)CCCCC2)cc1. The van der Waals surface area contributed by atoms with Gasteiger partial charge < -0.3 is 5.11 Å². The third kappa shape index (κ3) is 2.79. The lowest BCUT2D eigenvalue weighted by Crippen LogP contribution is -2.28. The van der Waals surface area contributed by atoms with E-state index in [9.17, 15) is 5.11 Å². The fourth-order valence-electron chi connectivity index (χ4n) is 4.28. The van der Waals surface area contributed by atoms with Gasteiger partial charge in [-0.25, -0.2) is 0 Å². The number of rotatable bonds is 2. The van der Waals surface area contributed by atoms with Crippen LogP contribution in [0.15, 0.2) is 24.3 Å². The Balaban J connectivity index is 1.77. The lowest BCUT2D eigenvalue weighted by atomic mass is 9.75. The van der Waals surface area contributed by atoms with E-state index in [1.165, 1.54) is 37.7 Å². The smallest absolute Gasteiger partial charge is 0.0896 e. The normalized spacial score (nSPS) is 30.1. The van der Waals surface area contributed by atoms with Crippen molar-refractivity contribution in [3.63, 3.8) is 0 Å². The van der Waals surface area contributed by atoms with Gasteiger partial charge in [0.1, 0.15) is 0 Å². The number of hydrogen-bond acceptors (Lipinski definition) is 1. The van der Waals surface area contributed by atoms with Gasteiger partial charge in [-0.3, -0.25) is 0 Å². The van der Waals surface area contributed by atoms with Crippen LogP contribution in [0.5, 0.6) is 0 Å². The molecule has 0 spiro atoms. The van der Waals surface area contributed by atoms with Crippen LogP contribution in [-0.2, 0) is 5.60 Å². The summed E-state index contributed by atoms with van der Waals surface area (Å²) in [5.74, 6) is 1.55. The van der Waals surface area contributed by atoms with Gasteiger partial charge in [0.05, 0.1) is 5.60 Å². The maximum Gasteiger partial charge on any atom is 0.0896 e. The third-order valence-corrected chi connectivity index (χ3v) is 5.67. The molecule has 1 N–H and O–H groups in total. The summed E-state index contributed by atoms with van der Waals surface area (Å²) in [6.07, 6.45) is 11.0. The molecule has 3 rings (SSSR count). The fourth-order valence-corrected chi connectivity index (χ4v) is 4.28. The first kappa shape index (κ1) is 14.1. The van der Waals surface area contributed by atoms with E-state index in [0.717, 1.165) is 43.1 Å². The van der Waals surface area contributed by atoms with Gasteiger partial charge in [-0.2, -0.15) is 0 Å². The molecule has 1 aromatic carbocycles. The summed E-state index contributed by atoms with van der Waals surface area (Å²) in [5.41, 5.74) is 2.08. The molecule has 2 fully saturated rings. The number of hydrogen-bond donors (Lipinski definition) is 1. The van der Waals surface area contributed by atoms with Crippen LogP contribution >= 0.6 is 0 Å². The summed E-state index contributed by atoms with van der Waals surface area (Å²) in [7, 11) is 0. The summed E-state index contributed by atoms with van der Waals surface area (Å²) >= 11 is 0. The van der Waals surface area contributed by atoms with E-state index in [1.807, 2.05) is 0 Å². The minimum absolute atomic E-state index is 0.547. The van der Waals surface area contributed by atoms with E-state index in [-0.39, 0.29) is 0 Å². The second-order valence-electron chi connectivity index (χ2n) is 7.08. The van der Waals surface area contributed by atoms with Crippen LogP contribution in [0.1, 0.15) is 81.8 Å². The maximum atomic E-state index is 10.8. The van der Waals surface area contributed by atoms with Gasteiger partial charge in [0.15, 0.2) is 0 Å². The minimum atomic E-state index is -0.547. The highest BCUT2D eigenvalue weighted by Crippen LogP contribution is 2.40. The topological polar surface area (TPSA) is 20.2 Å². The standard InChI is InChI=1S/C19H28O/c1-15-7-3-4-8-18(15)16-9-11-17(12-10-16)19(20)13-5-2-6-14-19/h9-12,15,18,20H,2-8,13-14H2,1H3. The molecule has 2 aliphatic carbocycles. The summed E-state index contributed by atoms with van der Waals surface area (Å²) in [6.45, 7) is 2.40. The largest absolute Gasteiger partial charge is 0.385 e. The summed E-state index contributed by atoms with van der Waals surface area (Å²) in [6, 6.07) is 8.97. The molecular formula is C19H28O. The van der Waals surface area contributed by atoms with Gasteiger partial charge in [-0.05, 0) is 42.2 Å². The van der Waals surface area contributed by atoms with Crippen molar-refractivity contribution >= 4 is 0 Å². The second-order valence-corrected chi connectivity index (χ2v) is 7.08. The van der Waals surface area contributed by atoms with E-state index in [2.05, 4.69) is 31.2 Å². The minimum Gasteiger partial charge on any atom is -0.385 e. The Morgan fingerprint density at radius 2 is 1.55 bits per heavy atom. The zero-order valence-electron chi connectivity index (χ0n) is 12.8. The second kappa shape index (κ2) is 5.89. The molecule has 0 saturated heterocycles. The Bertz CT molecular complexity index is 428. The van der Waals surface area contributed by atoms with Crippen LogP contribution in [0, 0.1) is 5.92 Å². The summed E-state index contributed by atoms with van der Waals surface area (Å²) < 4.78 is 0. The molecule has 2 aliphatic rings. The number of aliphatic hydroxyl groups is 1. The first-order valence-corrected chi connectivity index (χ1v) is 8.52. The molecule has 20 heavy (non-hydrogen) atoms. The zero-order valence-corrected chi connectivity index (χ0v) is 12.8. The average Bonchev–Trinajstić information content (AvgIpc) is 2.49. The van der Waals surface area contributed by atoms with Crippen molar-refractivity contribution in [3.05, 3.63) is 35.4 Å². The Morgan fingerprint density at radius 1 is 0.900 bits per heavy atom. The predicted octanol–water partition coefficient (Wildman–Crippen LogP) is 5.13. The Hall–Kier alpha value is -0.820. The fraction of sp³-hybridized carbons (Fsp3) is 0.684. The lowest BCUT2D eigenvalue weighted by Gasteiger charge is -2.33. The van der Waals surface area contributed by atoms with Crippen LogP contribution in [-0.4, -0.2) is 5.11 Å². The molecule has 2 saturated carbocycles. The molecule has 0 radical (unpaired) electrons. The molecule has 0 heterocycles. The van der Waals surface area contributed by atoms with E-state index < -0.39 is 5.60 Å². The Morgan fingerprint density at radius 3 is 2.20 bits per heavy atom. The van der Waals surface area contributed by atoms with Crippen molar-refractivity contribution in [2.24, 2.45) is 5.92 Å². The van der Waals surface area contributed by atoms with Crippen LogP contribution in [0.3, 0.4) is 0 Å². The van der Waals surface area contributed by atoms with Crippen molar-refractivity contribution in [2.75, 3.05) is 0 Å². The molecule has 110 valence electrons. The predicted molar refractivity (Wildman–Crippen MR) is 83.8 cm³/mol. The Kier molecular flexibility index (Phi) is 4.16. The first-order valence-electron chi connectivity index (χ1n) is 8.52. The third-order valence-electron chi connectivity index (χ3n) is 5.67. The molecule has 0 bridgehead atoms. The zero-order chi connectivity index (χ0) is 14.0. The van der Waals surface area contributed by atoms with E-state index in [0.29, 0.717) is 0 Å². The summed E-state index contributed by atoms with van der Waals surface area (Å²) in [4.78, 5) is 0. The number of benzene rings is 1. The van der Waals surface area contributed by atoms with Gasteiger partial charge in [0.2, 0.25) is 0 Å². The molecule has 2 atom stereocenters. The molecule has 0 aromatic heterocycles. The van der Waals surface area contributed by atoms with Gasteiger partial charge in [0.25, 0.3) is 0 Å². The van der Waals surface area contributed by atoms with Crippen LogP contribution in [0.25, 0.3) is 0 Å². The molecule has 0 aliphatic heterocycles. The Labute approximate surface area is 123 Å². The van der Waals surface area contributed by atoms with Crippen molar-refractivity contribution in [1.82, 2.24) is 0 Å². The van der Waals surface area contributed by atoms with Gasteiger partial charge in [-0.15, -0.1) is 0 Å². The quantitative estimate of drug-likeness (QED) is 0.791. The van der Waals surface area contributed by atoms with E-state index in [4.69, 9.17) is 0 Å². The van der Waals surface area contributed by atoms with E-state index in [1.54, 1.807) is 0 Å². The molecule has 0 amide bonds. The van der Waals surface area contributed by atoms with Gasteiger partial charge >= 0.3 is 0 Å². The van der Waals surface area contributed by atoms with Crippen LogP contribution in [0.4, 0.5) is 0 Å². The molecule has 1 heteroatoms. The van der Waals surface area contributed by atoms with E-state index >= 15 is 0 Å². The molecule has 2 unspecified atom stereocenters. The molecule has 1 nitrogen and oxygen atoms in total. The molecule has 1 aromatic rings. The van der Waals surface area contributed by atoms with Crippen molar-refractivity contribution < 1.29 is 5.11 Å². The highest BCUT2D eigenvalue weighted by atomic mass is 16.3. The lowest BCUT2D eigenvalue weighted by molar-refractivity contribution is -0.000648. The average molecular weight is 272 g/mol. The van der Waals surface area contributed by atoms with Crippen LogP contribution < -0.4 is 0 Å². The maximum absolute atomic E-state index is 10.8. The van der Waals surface area contributed by atoms with Crippen molar-refractivity contribution in [3.8, 4) is 0 Å². The summed E-state index contributed by atoms with van der Waals surface area (Å²) in [5, 5.41) is 10.8. The highest BCUT2D eigenvalue weighted by Gasteiger charge is 2.31. The van der Waals surface area contributed by atoms with Gasteiger partial charge in [0, 0.05) is 0 Å².